The summed E-state index contributed by atoms with van der Waals surface area (Å²) in [6, 6.07) is -0.839. The molecule has 0 radical (unpaired) electrons. The molecule has 0 aliphatic heterocycles. The average molecular weight is 1080 g/mol. The highest BCUT2D eigenvalue weighted by atomic mass is 31.2. The van der Waals surface area contributed by atoms with Crippen molar-refractivity contribution in [1.82, 2.24) is 5.32 Å². The molecule has 0 aromatic rings. The molecule has 0 rings (SSSR count). The summed E-state index contributed by atoms with van der Waals surface area (Å²) < 4.78 is 30.7. The number of unbranched alkanes of at least 4 members (excludes halogenated alkanes) is 45. The number of carbonyl (C=O) groups excluding carboxylic acids is 2. The number of hydrogen-bond donors (Lipinski definition) is 2. The molecule has 0 spiro atoms. The van der Waals surface area contributed by atoms with Gasteiger partial charge in [0.25, 0.3) is 0 Å². The SMILES string of the molecule is CCCCCCCCCCC/C=C/C(OC(=O)CCCCCCCCCCCCCCCCCCCCCCC)C(COP(=O)(O)OCC[N+](C)(C)C)NC(=O)CCCCCCCCCCCCCCCCCCC. The first-order chi connectivity index (χ1) is 36.4. The number of hydrogen-bond acceptors (Lipinski definition) is 6. The van der Waals surface area contributed by atoms with E-state index < -0.39 is 20.0 Å². The molecular weight excluding hydrogens is 952 g/mol. The fourth-order valence-electron chi connectivity index (χ4n) is 10.1. The van der Waals surface area contributed by atoms with Crippen LogP contribution in [0.5, 0.6) is 0 Å². The molecule has 0 saturated carbocycles. The zero-order chi connectivity index (χ0) is 55.0. The number of nitrogens with zero attached hydrogens (tertiary/aromatic N) is 1. The summed E-state index contributed by atoms with van der Waals surface area (Å²) in [5.41, 5.74) is 0. The van der Waals surface area contributed by atoms with E-state index in [1.54, 1.807) is 0 Å². The van der Waals surface area contributed by atoms with E-state index in [-0.39, 0.29) is 25.1 Å². The van der Waals surface area contributed by atoms with Crippen molar-refractivity contribution >= 4 is 19.7 Å². The molecule has 9 nitrogen and oxygen atoms in total. The summed E-state index contributed by atoms with van der Waals surface area (Å²) in [5.74, 6) is -0.481. The largest absolute Gasteiger partial charge is 0.472 e. The number of carbonyl (C=O) groups is 2. The normalized spacial score (nSPS) is 13.6. The van der Waals surface area contributed by atoms with Gasteiger partial charge in [-0.3, -0.25) is 18.6 Å². The third-order valence-electron chi connectivity index (χ3n) is 15.2. The number of esters is 1. The van der Waals surface area contributed by atoms with Gasteiger partial charge in [0, 0.05) is 12.8 Å². The Labute approximate surface area is 467 Å². The highest BCUT2D eigenvalue weighted by Gasteiger charge is 2.30. The smallest absolute Gasteiger partial charge is 0.456 e. The molecule has 0 heterocycles. The minimum absolute atomic E-state index is 0.0458. The molecule has 2 N–H and O–H groups in total. The van der Waals surface area contributed by atoms with E-state index in [4.69, 9.17) is 13.8 Å². The Balaban J connectivity index is 5.08. The van der Waals surface area contributed by atoms with Gasteiger partial charge in [-0.25, -0.2) is 4.57 Å². The summed E-state index contributed by atoms with van der Waals surface area (Å²) in [7, 11) is 1.52. The predicted molar refractivity (Wildman–Crippen MR) is 323 cm³/mol. The second kappa shape index (κ2) is 56.0. The van der Waals surface area contributed by atoms with E-state index in [0.717, 1.165) is 57.8 Å². The summed E-state index contributed by atoms with van der Waals surface area (Å²) >= 11 is 0. The van der Waals surface area contributed by atoms with Crippen molar-refractivity contribution in [3.63, 3.8) is 0 Å². The maximum Gasteiger partial charge on any atom is 0.472 e. The molecule has 0 aliphatic rings. The van der Waals surface area contributed by atoms with E-state index in [0.29, 0.717) is 23.9 Å². The van der Waals surface area contributed by atoms with Gasteiger partial charge in [0.05, 0.1) is 33.8 Å². The lowest BCUT2D eigenvalue weighted by molar-refractivity contribution is -0.870. The van der Waals surface area contributed by atoms with Crippen molar-refractivity contribution in [3.8, 4) is 0 Å². The average Bonchev–Trinajstić information content (AvgIpc) is 3.37. The van der Waals surface area contributed by atoms with Gasteiger partial charge in [-0.1, -0.05) is 309 Å². The third-order valence-corrected chi connectivity index (χ3v) is 16.2. The van der Waals surface area contributed by atoms with Gasteiger partial charge >= 0.3 is 13.8 Å². The highest BCUT2D eigenvalue weighted by Crippen LogP contribution is 2.43. The molecule has 0 bridgehead atoms. The van der Waals surface area contributed by atoms with Crippen molar-refractivity contribution in [3.05, 3.63) is 12.2 Å². The van der Waals surface area contributed by atoms with Gasteiger partial charge in [-0.05, 0) is 31.8 Å². The molecule has 0 fully saturated rings. The number of nitrogens with one attached hydrogen (secondary N) is 1. The molecule has 446 valence electrons. The van der Waals surface area contributed by atoms with Gasteiger partial charge in [0.15, 0.2) is 0 Å². The quantitative estimate of drug-likeness (QED) is 0.0205. The lowest BCUT2D eigenvalue weighted by Gasteiger charge is -2.27. The lowest BCUT2D eigenvalue weighted by atomic mass is 10.0. The number of likely N-dealkylation sites (N-methyl/N-ethyl adjacent to an activating group) is 1. The Hall–Kier alpha value is -1.25. The van der Waals surface area contributed by atoms with Crippen LogP contribution in [0.2, 0.25) is 0 Å². The van der Waals surface area contributed by atoms with Crippen molar-refractivity contribution in [1.29, 1.82) is 0 Å². The number of amides is 1. The predicted octanol–water partition coefficient (Wildman–Crippen LogP) is 20.3. The highest BCUT2D eigenvalue weighted by molar-refractivity contribution is 7.47. The van der Waals surface area contributed by atoms with Crippen LogP contribution in [0.1, 0.15) is 342 Å². The summed E-state index contributed by atoms with van der Waals surface area (Å²) in [6.07, 6.45) is 65.0. The minimum Gasteiger partial charge on any atom is -0.456 e. The van der Waals surface area contributed by atoms with Gasteiger partial charge in [-0.15, -0.1) is 0 Å². The van der Waals surface area contributed by atoms with Gasteiger partial charge in [0.1, 0.15) is 19.3 Å². The first-order valence-electron chi connectivity index (χ1n) is 33.0. The van der Waals surface area contributed by atoms with E-state index in [1.165, 1.54) is 250 Å². The Morgan fingerprint density at radius 1 is 0.453 bits per heavy atom. The van der Waals surface area contributed by atoms with Crippen LogP contribution in [-0.4, -0.2) is 74.3 Å². The number of phosphoric ester groups is 1. The standard InChI is InChI=1S/C65H129N2O7P/c1-7-10-13-16-19-22-25-27-29-31-32-33-34-36-38-40-43-46-49-52-55-58-65(69)74-63(56-53-50-47-44-41-24-21-18-15-12-9-3)62(61-73-75(70,71)72-60-59-67(4,5)6)66-64(68)57-54-51-48-45-42-39-37-35-30-28-26-23-20-17-14-11-8-2/h53,56,62-63H,7-52,54-55,57-61H2,1-6H3,(H-,66,68,70,71)/p+1/b56-53+. The maximum atomic E-state index is 13.5. The fourth-order valence-corrected chi connectivity index (χ4v) is 10.9. The van der Waals surface area contributed by atoms with Crippen molar-refractivity contribution < 1.29 is 37.3 Å². The van der Waals surface area contributed by atoms with Crippen LogP contribution in [0.4, 0.5) is 0 Å². The van der Waals surface area contributed by atoms with Crippen LogP contribution < -0.4 is 5.32 Å². The van der Waals surface area contributed by atoms with Crippen LogP contribution in [0, 0.1) is 0 Å². The Bertz CT molecular complexity index is 1290. The fraction of sp³-hybridized carbons (Fsp3) is 0.938. The van der Waals surface area contributed by atoms with Crippen LogP contribution >= 0.6 is 7.82 Å². The molecule has 1 amide bonds. The van der Waals surface area contributed by atoms with Crippen molar-refractivity contribution in [2.45, 2.75) is 354 Å². The summed E-state index contributed by atoms with van der Waals surface area (Å²) in [4.78, 5) is 37.7. The van der Waals surface area contributed by atoms with E-state index >= 15 is 0 Å². The molecule has 3 unspecified atom stereocenters. The molecular formula is C65H130N2O7P+. The number of phosphoric acid groups is 1. The maximum absolute atomic E-state index is 13.5. The molecule has 75 heavy (non-hydrogen) atoms. The molecule has 10 heteroatoms. The lowest BCUT2D eigenvalue weighted by Crippen LogP contribution is -2.47. The third kappa shape index (κ3) is 57.3. The molecule has 3 atom stereocenters. The molecule has 0 aliphatic carbocycles. The minimum atomic E-state index is -4.44. The second-order valence-electron chi connectivity index (χ2n) is 24.0. The van der Waals surface area contributed by atoms with Gasteiger partial charge < -0.3 is 19.4 Å². The van der Waals surface area contributed by atoms with E-state index in [2.05, 4.69) is 26.1 Å². The number of quaternary nitrogens is 1. The van der Waals surface area contributed by atoms with Gasteiger partial charge in [-0.2, -0.15) is 0 Å². The summed E-state index contributed by atoms with van der Waals surface area (Å²) in [6.45, 7) is 7.07. The van der Waals surface area contributed by atoms with Gasteiger partial charge in [0.2, 0.25) is 5.91 Å². The zero-order valence-corrected chi connectivity index (χ0v) is 52.0. The molecule has 0 aromatic carbocycles. The molecule has 0 saturated heterocycles. The van der Waals surface area contributed by atoms with Crippen molar-refractivity contribution in [2.24, 2.45) is 0 Å². The summed E-state index contributed by atoms with van der Waals surface area (Å²) in [5, 5.41) is 3.07. The van der Waals surface area contributed by atoms with E-state index in [1.807, 2.05) is 33.3 Å². The number of allylic oxidation sites excluding steroid dienone is 1. The monoisotopic (exact) mass is 1080 g/mol. The zero-order valence-electron chi connectivity index (χ0n) is 51.1. The topological polar surface area (TPSA) is 111 Å². The van der Waals surface area contributed by atoms with Crippen LogP contribution in [0.15, 0.2) is 12.2 Å². The first-order valence-corrected chi connectivity index (χ1v) is 34.5. The Kier molecular flexibility index (Phi) is 55.1. The second-order valence-corrected chi connectivity index (χ2v) is 25.5. The van der Waals surface area contributed by atoms with Crippen LogP contribution in [0.3, 0.4) is 0 Å². The molecule has 0 aromatic heterocycles. The number of ether oxygens (including phenoxy) is 1. The van der Waals surface area contributed by atoms with Crippen LogP contribution in [-0.2, 0) is 27.9 Å². The number of rotatable bonds is 61. The van der Waals surface area contributed by atoms with Crippen molar-refractivity contribution in [2.75, 3.05) is 40.9 Å². The van der Waals surface area contributed by atoms with Crippen LogP contribution in [0.25, 0.3) is 0 Å². The van der Waals surface area contributed by atoms with E-state index in [9.17, 15) is 19.0 Å². The first kappa shape index (κ1) is 73.8. The Morgan fingerprint density at radius 2 is 0.760 bits per heavy atom. The Morgan fingerprint density at radius 3 is 1.09 bits per heavy atom.